The molecule has 0 atom stereocenters. The van der Waals surface area contributed by atoms with E-state index in [0.29, 0.717) is 16.4 Å². The predicted octanol–water partition coefficient (Wildman–Crippen LogP) is 3.93. The lowest BCUT2D eigenvalue weighted by molar-refractivity contribution is 0.112. The zero-order valence-electron chi connectivity index (χ0n) is 16.2. The summed E-state index contributed by atoms with van der Waals surface area (Å²) < 4.78 is 34.3. The Bertz CT molecular complexity index is 1250. The number of aromatic nitrogens is 5. The second kappa shape index (κ2) is 7.75. The van der Waals surface area contributed by atoms with Crippen LogP contribution in [0.1, 0.15) is 10.7 Å². The number of hydrogen-bond acceptors (Lipinski definition) is 7. The molecule has 1 aromatic carbocycles. The number of carbonyl (C=O) groups excluding carboxylic acids is 1. The van der Waals surface area contributed by atoms with Crippen molar-refractivity contribution in [2.45, 2.75) is 13.5 Å². The average Bonchev–Trinajstić information content (AvgIpc) is 3.36. The van der Waals surface area contributed by atoms with E-state index in [4.69, 9.17) is 4.74 Å². The second-order valence-electron chi connectivity index (χ2n) is 6.62. The van der Waals surface area contributed by atoms with Crippen molar-refractivity contribution in [2.24, 2.45) is 0 Å². The molecule has 4 aromatic rings. The molecule has 0 unspecified atom stereocenters. The van der Waals surface area contributed by atoms with Crippen molar-refractivity contribution < 1.29 is 18.3 Å². The van der Waals surface area contributed by atoms with Crippen molar-refractivity contribution in [2.75, 3.05) is 14.1 Å². The van der Waals surface area contributed by atoms with Crippen LogP contribution in [-0.2, 0) is 11.3 Å². The van der Waals surface area contributed by atoms with Crippen LogP contribution in [0.2, 0.25) is 0 Å². The lowest BCUT2D eigenvalue weighted by Gasteiger charge is -2.09. The molecule has 0 spiro atoms. The van der Waals surface area contributed by atoms with E-state index in [9.17, 15) is 13.6 Å². The van der Waals surface area contributed by atoms with Crippen LogP contribution >= 0.6 is 11.3 Å². The Morgan fingerprint density at radius 1 is 1.17 bits per heavy atom. The summed E-state index contributed by atoms with van der Waals surface area (Å²) in [6.07, 6.45) is -0.467. The van der Waals surface area contributed by atoms with E-state index in [1.54, 1.807) is 39.2 Å². The molecule has 0 fully saturated rings. The fourth-order valence-corrected chi connectivity index (χ4v) is 3.79. The summed E-state index contributed by atoms with van der Waals surface area (Å²) in [6.45, 7) is 1.84. The van der Waals surface area contributed by atoms with Gasteiger partial charge in [-0.1, -0.05) is 6.07 Å². The first-order chi connectivity index (χ1) is 14.3. The summed E-state index contributed by atoms with van der Waals surface area (Å²) in [4.78, 5) is 22.6. The van der Waals surface area contributed by atoms with Crippen molar-refractivity contribution in [1.82, 2.24) is 30.3 Å². The van der Waals surface area contributed by atoms with Gasteiger partial charge in [-0.25, -0.2) is 23.5 Å². The third-order valence-electron chi connectivity index (χ3n) is 4.27. The van der Waals surface area contributed by atoms with E-state index in [0.717, 1.165) is 10.9 Å². The lowest BCUT2D eigenvalue weighted by atomic mass is 10.1. The minimum absolute atomic E-state index is 0.0157. The fourth-order valence-electron chi connectivity index (χ4n) is 2.84. The molecule has 0 radical (unpaired) electrons. The number of nitrogens with zero attached hydrogens (tertiary/aromatic N) is 5. The number of halogens is 2. The maximum Gasteiger partial charge on any atom is 0.409 e. The van der Waals surface area contributed by atoms with Gasteiger partial charge in [0.1, 0.15) is 11.6 Å². The van der Waals surface area contributed by atoms with Gasteiger partial charge in [-0.05, 0) is 25.1 Å². The van der Waals surface area contributed by atoms with E-state index in [1.807, 2.05) is 0 Å². The SMILES string of the molecule is Cc1nc(COC(=O)N(C)C)sc1-c1cccc(-c2cc(F)c3n[nH]nc3c2F)n1. The van der Waals surface area contributed by atoms with Crippen molar-refractivity contribution in [3.05, 3.63) is 46.6 Å². The molecule has 11 heteroatoms. The number of aryl methyl sites for hydroxylation is 1. The molecule has 0 bridgehead atoms. The van der Waals surface area contributed by atoms with Gasteiger partial charge in [-0.3, -0.25) is 0 Å². The third-order valence-corrected chi connectivity index (χ3v) is 5.43. The Balaban J connectivity index is 1.68. The number of thiazole rings is 1. The minimum atomic E-state index is -0.706. The number of fused-ring (bicyclic) bond motifs is 1. The highest BCUT2D eigenvalue weighted by molar-refractivity contribution is 7.15. The molecule has 30 heavy (non-hydrogen) atoms. The Labute approximate surface area is 173 Å². The maximum absolute atomic E-state index is 14.8. The van der Waals surface area contributed by atoms with Crippen molar-refractivity contribution in [3.63, 3.8) is 0 Å². The van der Waals surface area contributed by atoms with Gasteiger partial charge in [-0.2, -0.15) is 15.4 Å². The molecule has 154 valence electrons. The first-order valence-electron chi connectivity index (χ1n) is 8.81. The molecule has 0 aliphatic heterocycles. The number of rotatable bonds is 4. The van der Waals surface area contributed by atoms with Gasteiger partial charge in [-0.15, -0.1) is 11.3 Å². The fraction of sp³-hybridized carbons (Fsp3) is 0.211. The Kier molecular flexibility index (Phi) is 5.12. The third kappa shape index (κ3) is 3.59. The molecule has 1 N–H and O–H groups in total. The highest BCUT2D eigenvalue weighted by Gasteiger charge is 2.19. The minimum Gasteiger partial charge on any atom is -0.442 e. The largest absolute Gasteiger partial charge is 0.442 e. The average molecular weight is 430 g/mol. The van der Waals surface area contributed by atoms with Crippen LogP contribution in [0, 0.1) is 18.6 Å². The number of hydrogen-bond donors (Lipinski definition) is 1. The van der Waals surface area contributed by atoms with E-state index in [-0.39, 0.29) is 28.9 Å². The van der Waals surface area contributed by atoms with Gasteiger partial charge < -0.3 is 9.64 Å². The topological polar surface area (TPSA) is 96.9 Å². The van der Waals surface area contributed by atoms with Crippen LogP contribution in [0.15, 0.2) is 24.3 Å². The zero-order chi connectivity index (χ0) is 21.4. The molecule has 0 saturated heterocycles. The number of aromatic amines is 1. The van der Waals surface area contributed by atoms with E-state index >= 15 is 0 Å². The van der Waals surface area contributed by atoms with Crippen LogP contribution in [0.5, 0.6) is 0 Å². The number of carbonyl (C=O) groups is 1. The van der Waals surface area contributed by atoms with Crippen LogP contribution in [0.3, 0.4) is 0 Å². The molecule has 1 amide bonds. The number of H-pyrrole nitrogens is 1. The van der Waals surface area contributed by atoms with Gasteiger partial charge in [0.2, 0.25) is 0 Å². The molecule has 0 aliphatic rings. The quantitative estimate of drug-likeness (QED) is 0.527. The number of ether oxygens (including phenoxy) is 1. The maximum atomic E-state index is 14.8. The summed E-state index contributed by atoms with van der Waals surface area (Å²) in [5.74, 6) is -1.40. The van der Waals surface area contributed by atoms with Gasteiger partial charge in [0.25, 0.3) is 0 Å². The first-order valence-corrected chi connectivity index (χ1v) is 9.63. The van der Waals surface area contributed by atoms with Crippen molar-refractivity contribution >= 4 is 28.5 Å². The molecular weight excluding hydrogens is 414 g/mol. The summed E-state index contributed by atoms with van der Waals surface area (Å²) >= 11 is 1.32. The Morgan fingerprint density at radius 2 is 1.90 bits per heavy atom. The molecule has 3 heterocycles. The molecule has 8 nitrogen and oxygen atoms in total. The molecule has 0 saturated carbocycles. The van der Waals surface area contributed by atoms with Crippen LogP contribution in [0.4, 0.5) is 13.6 Å². The molecule has 0 aliphatic carbocycles. The van der Waals surface area contributed by atoms with E-state index in [2.05, 4.69) is 25.4 Å². The Morgan fingerprint density at radius 3 is 2.67 bits per heavy atom. The number of pyridine rings is 1. The predicted molar refractivity (Wildman–Crippen MR) is 107 cm³/mol. The second-order valence-corrected chi connectivity index (χ2v) is 7.70. The van der Waals surface area contributed by atoms with E-state index < -0.39 is 17.7 Å². The van der Waals surface area contributed by atoms with Crippen molar-refractivity contribution in [3.8, 4) is 21.8 Å². The first kappa shape index (κ1) is 19.8. The van der Waals surface area contributed by atoms with Gasteiger partial charge in [0.05, 0.1) is 22.0 Å². The van der Waals surface area contributed by atoms with Gasteiger partial charge in [0, 0.05) is 19.7 Å². The summed E-state index contributed by atoms with van der Waals surface area (Å²) in [7, 11) is 3.18. The van der Waals surface area contributed by atoms with Crippen LogP contribution < -0.4 is 0 Å². The monoisotopic (exact) mass is 430 g/mol. The molecule has 3 aromatic heterocycles. The van der Waals surface area contributed by atoms with Crippen LogP contribution in [-0.4, -0.2) is 50.5 Å². The number of amides is 1. The van der Waals surface area contributed by atoms with Crippen LogP contribution in [0.25, 0.3) is 32.9 Å². The number of nitrogens with one attached hydrogen (secondary N) is 1. The summed E-state index contributed by atoms with van der Waals surface area (Å²) in [5, 5.41) is 10.1. The zero-order valence-corrected chi connectivity index (χ0v) is 17.0. The standard InChI is InChI=1S/C19H16F2N6O2S/c1-9-18(30-14(22-9)8-29-19(28)27(2)3)13-6-4-5-12(23-13)10-7-11(20)16-17(15(10)21)25-26-24-16/h4-7H,8H2,1-3H3,(H,24,25,26). The lowest BCUT2D eigenvalue weighted by Crippen LogP contribution is -2.22. The summed E-state index contributed by atoms with van der Waals surface area (Å²) in [5.41, 5.74) is 1.13. The van der Waals surface area contributed by atoms with E-state index in [1.165, 1.54) is 16.2 Å². The highest BCUT2D eigenvalue weighted by Crippen LogP contribution is 2.33. The van der Waals surface area contributed by atoms with Gasteiger partial charge in [0.15, 0.2) is 22.7 Å². The smallest absolute Gasteiger partial charge is 0.409 e. The highest BCUT2D eigenvalue weighted by atomic mass is 32.1. The number of benzene rings is 1. The Hall–Kier alpha value is -3.47. The van der Waals surface area contributed by atoms with Gasteiger partial charge >= 0.3 is 6.09 Å². The summed E-state index contributed by atoms with van der Waals surface area (Å²) in [6, 6.07) is 6.09. The molecule has 4 rings (SSSR count). The molecular formula is C19H16F2N6O2S. The van der Waals surface area contributed by atoms with Crippen molar-refractivity contribution in [1.29, 1.82) is 0 Å². The normalized spacial score (nSPS) is 11.1.